The Morgan fingerprint density at radius 2 is 1.72 bits per heavy atom. The van der Waals surface area contributed by atoms with Crippen molar-refractivity contribution in [3.8, 4) is 0 Å². The van der Waals surface area contributed by atoms with E-state index in [1.807, 2.05) is 52.8 Å². The number of aryl methyl sites for hydroxylation is 1. The van der Waals surface area contributed by atoms with E-state index in [0.717, 1.165) is 47.7 Å². The first kappa shape index (κ1) is 62.5. The smallest absolute Gasteiger partial charge is 0.382 e. The van der Waals surface area contributed by atoms with Gasteiger partial charge in [0.2, 0.25) is 11.6 Å². The van der Waals surface area contributed by atoms with Crippen molar-refractivity contribution in [1.82, 2.24) is 24.8 Å². The predicted molar refractivity (Wildman–Crippen MR) is 301 cm³/mol. The van der Waals surface area contributed by atoms with Gasteiger partial charge in [0.05, 0.1) is 29.3 Å². The highest BCUT2D eigenvalue weighted by Gasteiger charge is 2.46. The normalized spacial score (nSPS) is 21.4. The van der Waals surface area contributed by atoms with Gasteiger partial charge >= 0.3 is 23.5 Å². The van der Waals surface area contributed by atoms with Crippen molar-refractivity contribution in [2.45, 2.75) is 126 Å². The lowest BCUT2D eigenvalue weighted by molar-refractivity contribution is -0.438. The number of likely N-dealkylation sites (N-methyl/N-ethyl adjacent to an activating group) is 1. The van der Waals surface area contributed by atoms with Gasteiger partial charge in [-0.1, -0.05) is 65.3 Å². The van der Waals surface area contributed by atoms with Crippen molar-refractivity contribution >= 4 is 95.1 Å². The number of nitrogens with zero attached hydrogens (tertiary/aromatic N) is 6. The van der Waals surface area contributed by atoms with Crippen LogP contribution in [0.25, 0.3) is 11.2 Å². The fourth-order valence-electron chi connectivity index (χ4n) is 9.75. The second-order valence-electron chi connectivity index (χ2n) is 20.7. The van der Waals surface area contributed by atoms with E-state index in [9.17, 15) is 41.2 Å². The van der Waals surface area contributed by atoms with Crippen LogP contribution in [0.4, 0.5) is 17.2 Å². The SMILES string of the molecule is CCN1/C(=C/C=C/C=C/C2=[N+](CCCCCC(=O)NCC(C)(C)SSCO[C@@H]3C[C@H](n4cnc5c(N)ncnc54)O[C@@H]3COP(=O)(O)OP(=O)(O)OP(=O)(O)O)c3ccc(C)cc3C2(C)C)C(C)(C)c2cc(S(=O)(=O)O)ccc21. The summed E-state index contributed by atoms with van der Waals surface area (Å²) in [7, 11) is -18.4. The molecule has 0 saturated carbocycles. The Kier molecular flexibility index (Phi) is 19.6. The Labute approximate surface area is 466 Å². The average Bonchev–Trinajstić information content (AvgIpc) is 4.30. The molecule has 8 N–H and O–H groups in total. The number of nitrogens with one attached hydrogen (secondary N) is 1. The number of benzene rings is 2. The van der Waals surface area contributed by atoms with E-state index in [4.69, 9.17) is 29.5 Å². The van der Waals surface area contributed by atoms with Crippen molar-refractivity contribution in [2.75, 3.05) is 42.8 Å². The minimum atomic E-state index is -5.76. The summed E-state index contributed by atoms with van der Waals surface area (Å²) in [5.74, 6) is 0.128. The van der Waals surface area contributed by atoms with Crippen molar-refractivity contribution in [2.24, 2.45) is 0 Å². The topological polar surface area (TPSA) is 338 Å². The number of carbonyl (C=O) groups is 1. The van der Waals surface area contributed by atoms with Crippen LogP contribution in [0.3, 0.4) is 0 Å². The molecule has 3 aliphatic heterocycles. The molecule has 0 aliphatic carbocycles. The molecule has 0 radical (unpaired) electrons. The lowest BCUT2D eigenvalue weighted by atomic mass is 9.81. The highest BCUT2D eigenvalue weighted by molar-refractivity contribution is 8.77. The zero-order chi connectivity index (χ0) is 57.9. The average molecular weight is 1210 g/mol. The second kappa shape index (κ2) is 24.8. The summed E-state index contributed by atoms with van der Waals surface area (Å²) < 4.78 is 97.6. The molecule has 7 rings (SSSR count). The van der Waals surface area contributed by atoms with Crippen molar-refractivity contribution in [1.29, 1.82) is 0 Å². The molecule has 79 heavy (non-hydrogen) atoms. The van der Waals surface area contributed by atoms with E-state index in [1.54, 1.807) is 16.7 Å². The minimum Gasteiger partial charge on any atom is -0.382 e. The summed E-state index contributed by atoms with van der Waals surface area (Å²) in [4.78, 5) is 65.1. The Balaban J connectivity index is 0.897. The van der Waals surface area contributed by atoms with Gasteiger partial charge in [-0.3, -0.25) is 18.4 Å². The number of anilines is 2. The van der Waals surface area contributed by atoms with Crippen molar-refractivity contribution in [3.63, 3.8) is 0 Å². The summed E-state index contributed by atoms with van der Waals surface area (Å²) in [5, 5.41) is 3.05. The number of hydrogen-bond donors (Lipinski definition) is 7. The number of ether oxygens (including phenoxy) is 2. The predicted octanol–water partition coefficient (Wildman–Crippen LogP) is 8.66. The van der Waals surface area contributed by atoms with Gasteiger partial charge in [-0.15, -0.1) is 0 Å². The van der Waals surface area contributed by atoms with Crippen LogP contribution in [0, 0.1) is 6.92 Å². The Hall–Kier alpha value is -4.11. The van der Waals surface area contributed by atoms with Gasteiger partial charge in [-0.05, 0) is 90.3 Å². The van der Waals surface area contributed by atoms with E-state index in [0.29, 0.717) is 37.1 Å². The summed E-state index contributed by atoms with van der Waals surface area (Å²) in [6.07, 6.45) is 13.1. The van der Waals surface area contributed by atoms with Crippen molar-refractivity contribution in [3.05, 3.63) is 102 Å². The van der Waals surface area contributed by atoms with Gasteiger partial charge in [0, 0.05) is 71.6 Å². The molecule has 3 aliphatic rings. The number of rotatable bonds is 26. The third-order valence-corrected chi connectivity index (χ3v) is 21.2. The summed E-state index contributed by atoms with van der Waals surface area (Å²) in [5.41, 5.74) is 13.3. The van der Waals surface area contributed by atoms with Crippen LogP contribution in [0.2, 0.25) is 0 Å². The molecule has 432 valence electrons. The molecule has 2 aromatic heterocycles. The van der Waals surface area contributed by atoms with E-state index in [2.05, 4.69) is 89.5 Å². The standard InChI is InChI=1S/C49H67N8O16P3S3/c1-9-55-36-22-20-33(79(66,67)68)25-35(36)49(7,8)40(55)16-12-10-13-17-41-48(5,6)34-24-32(2)19-21-37(34)56(41)23-15-11-14-18-42(58)51-28-47(3,4)78-77-31-69-38-26-43(57-30-54-44-45(50)52-29-53-46(44)57)71-39(38)27-70-75(62,63)73-76(64,65)72-74(59,60)61/h10,12-13,16-17,19-22,24-25,29-30,38-39,43H,9,11,14-15,18,23,26-28,31H2,1-8H3,(H7-,50,51,52,53,58,59,60,61,62,63,64,65,66,67,68)/p+1/t38-,39-,43-/m1/s1. The molecule has 4 aromatic rings. The molecule has 2 aromatic carbocycles. The van der Waals surface area contributed by atoms with Gasteiger partial charge < -0.3 is 45.0 Å². The first-order chi connectivity index (χ1) is 36.8. The second-order valence-corrected chi connectivity index (χ2v) is 29.5. The summed E-state index contributed by atoms with van der Waals surface area (Å²) >= 11 is 0. The number of fused-ring (bicyclic) bond motifs is 3. The molecule has 0 bridgehead atoms. The largest absolute Gasteiger partial charge is 0.490 e. The van der Waals surface area contributed by atoms with Crippen LogP contribution in [-0.4, -0.2) is 117 Å². The molecule has 5 atom stereocenters. The number of nitrogens with two attached hydrogens (primary N) is 1. The molecule has 1 fully saturated rings. The molecule has 5 heterocycles. The monoisotopic (exact) mass is 1210 g/mol. The lowest BCUT2D eigenvalue weighted by Crippen LogP contribution is -2.35. The maximum Gasteiger partial charge on any atom is 0.490 e. The van der Waals surface area contributed by atoms with Gasteiger partial charge in [0.1, 0.15) is 36.7 Å². The third kappa shape index (κ3) is 15.5. The number of phosphoric ester groups is 1. The van der Waals surface area contributed by atoms with Crippen molar-refractivity contribution < 1.29 is 78.2 Å². The number of nitrogen functional groups attached to an aromatic ring is 1. The van der Waals surface area contributed by atoms with Gasteiger partial charge in [-0.25, -0.2) is 28.6 Å². The molecular formula is C49H68N8O16P3S3+. The van der Waals surface area contributed by atoms with Crippen LogP contribution in [-0.2, 0) is 62.1 Å². The van der Waals surface area contributed by atoms with Crippen LogP contribution >= 0.6 is 45.1 Å². The van der Waals surface area contributed by atoms with E-state index in [1.165, 1.54) is 51.4 Å². The lowest BCUT2D eigenvalue weighted by Gasteiger charge is -2.25. The fraction of sp³-hybridized carbons (Fsp3) is 0.490. The van der Waals surface area contributed by atoms with Crippen LogP contribution in [0.5, 0.6) is 0 Å². The number of hydrogen-bond acceptors (Lipinski definition) is 18. The number of amides is 1. The quantitative estimate of drug-likeness (QED) is 0.00588. The molecule has 1 saturated heterocycles. The zero-order valence-electron chi connectivity index (χ0n) is 44.9. The number of phosphoric acid groups is 3. The molecule has 0 spiro atoms. The highest BCUT2D eigenvalue weighted by atomic mass is 33.1. The van der Waals surface area contributed by atoms with Gasteiger partial charge in [0.25, 0.3) is 10.1 Å². The van der Waals surface area contributed by atoms with Crippen LogP contribution < -0.4 is 16.0 Å². The van der Waals surface area contributed by atoms with E-state index in [-0.39, 0.29) is 34.4 Å². The van der Waals surface area contributed by atoms with Crippen LogP contribution in [0.1, 0.15) is 103 Å². The van der Waals surface area contributed by atoms with Gasteiger partial charge in [0.15, 0.2) is 17.2 Å². The minimum absolute atomic E-state index is 0.0724. The third-order valence-electron chi connectivity index (χ3n) is 13.6. The first-order valence-electron chi connectivity index (χ1n) is 25.1. The molecule has 1 amide bonds. The summed E-state index contributed by atoms with van der Waals surface area (Å²) in [6.45, 7) is 17.7. The maximum atomic E-state index is 13.1. The first-order valence-corrected chi connectivity index (χ1v) is 33.4. The zero-order valence-corrected chi connectivity index (χ0v) is 50.0. The Morgan fingerprint density at radius 3 is 2.43 bits per heavy atom. The Morgan fingerprint density at radius 1 is 0.975 bits per heavy atom. The fourth-order valence-corrected chi connectivity index (χ4v) is 15.5. The highest BCUT2D eigenvalue weighted by Crippen LogP contribution is 2.66. The molecule has 30 heteroatoms. The molecular weight excluding hydrogens is 1150 g/mol. The summed E-state index contributed by atoms with van der Waals surface area (Å²) in [6, 6.07) is 11.3. The molecule has 24 nitrogen and oxygen atoms in total. The molecule has 2 unspecified atom stereocenters. The van der Waals surface area contributed by atoms with Crippen LogP contribution in [0.15, 0.2) is 90.0 Å². The number of unbranched alkanes of at least 4 members (excludes halogenated alkanes) is 2. The number of allylic oxidation sites excluding steroid dienone is 6. The Bertz CT molecular complexity index is 3330. The number of imidazole rings is 1. The number of carbonyl (C=O) groups excluding carboxylic acids is 1. The van der Waals surface area contributed by atoms with Gasteiger partial charge in [-0.2, -0.15) is 21.6 Å². The van der Waals surface area contributed by atoms with E-state index < -0.39 is 68.8 Å². The maximum absolute atomic E-state index is 13.1. The van der Waals surface area contributed by atoms with E-state index >= 15 is 0 Å². The number of aromatic nitrogens is 4.